The molecule has 0 aliphatic carbocycles. The van der Waals surface area contributed by atoms with E-state index in [0.29, 0.717) is 0 Å². The summed E-state index contributed by atoms with van der Waals surface area (Å²) in [5.74, 6) is 2.45. The first-order valence-electron chi connectivity index (χ1n) is 7.20. The van der Waals surface area contributed by atoms with Crippen LogP contribution in [0.5, 0.6) is 5.75 Å². The first-order valence-corrected chi connectivity index (χ1v) is 7.20. The number of piperidine rings is 1. The van der Waals surface area contributed by atoms with Crippen LogP contribution in [0.3, 0.4) is 0 Å². The normalized spacial score (nSPS) is 26.1. The average molecular weight is 262 g/mol. The molecular formula is C16H26N2O. The number of rotatable bonds is 4. The predicted octanol–water partition coefficient (Wildman–Crippen LogP) is 2.67. The zero-order valence-corrected chi connectivity index (χ0v) is 12.3. The first-order chi connectivity index (χ1) is 9.08. The Morgan fingerprint density at radius 2 is 1.79 bits per heavy atom. The van der Waals surface area contributed by atoms with Crippen molar-refractivity contribution >= 4 is 0 Å². The number of nitrogens with zero attached hydrogens (tertiary/aromatic N) is 1. The smallest absolute Gasteiger partial charge is 0.118 e. The van der Waals surface area contributed by atoms with E-state index >= 15 is 0 Å². The van der Waals surface area contributed by atoms with Gasteiger partial charge in [0, 0.05) is 25.7 Å². The monoisotopic (exact) mass is 262 g/mol. The van der Waals surface area contributed by atoms with Gasteiger partial charge in [0.15, 0.2) is 0 Å². The molecule has 1 aromatic carbocycles. The molecule has 3 nitrogen and oxygen atoms in total. The van der Waals surface area contributed by atoms with Crippen LogP contribution in [-0.2, 0) is 0 Å². The minimum Gasteiger partial charge on any atom is -0.497 e. The molecule has 106 valence electrons. The molecule has 19 heavy (non-hydrogen) atoms. The summed E-state index contributed by atoms with van der Waals surface area (Å²) in [6, 6.07) is 8.19. The van der Waals surface area contributed by atoms with Crippen LogP contribution in [0, 0.1) is 11.8 Å². The third-order valence-electron chi connectivity index (χ3n) is 3.94. The number of nitrogens with two attached hydrogens (primary N) is 1. The summed E-state index contributed by atoms with van der Waals surface area (Å²) >= 11 is 0. The minimum atomic E-state index is 0.0865. The summed E-state index contributed by atoms with van der Waals surface area (Å²) in [5.41, 5.74) is 7.51. The van der Waals surface area contributed by atoms with Crippen molar-refractivity contribution in [2.75, 3.05) is 26.7 Å². The summed E-state index contributed by atoms with van der Waals surface area (Å²) < 4.78 is 5.18. The lowest BCUT2D eigenvalue weighted by Crippen LogP contribution is -2.42. The Labute approximate surface area is 116 Å². The van der Waals surface area contributed by atoms with E-state index in [0.717, 1.165) is 24.1 Å². The number of methoxy groups -OCH3 is 1. The quantitative estimate of drug-likeness (QED) is 0.906. The van der Waals surface area contributed by atoms with Crippen LogP contribution < -0.4 is 10.5 Å². The van der Waals surface area contributed by atoms with Gasteiger partial charge in [-0.1, -0.05) is 26.0 Å². The molecule has 1 saturated heterocycles. The summed E-state index contributed by atoms with van der Waals surface area (Å²) in [4.78, 5) is 2.51. The second-order valence-electron chi connectivity index (χ2n) is 6.04. The molecule has 0 saturated carbocycles. The molecule has 1 heterocycles. The number of likely N-dealkylation sites (tertiary alicyclic amines) is 1. The van der Waals surface area contributed by atoms with E-state index in [1.54, 1.807) is 7.11 Å². The Hall–Kier alpha value is -1.06. The molecule has 0 spiro atoms. The molecule has 3 unspecified atom stereocenters. The van der Waals surface area contributed by atoms with Gasteiger partial charge < -0.3 is 15.4 Å². The Bertz CT molecular complexity index is 380. The number of hydrogen-bond donors (Lipinski definition) is 1. The van der Waals surface area contributed by atoms with E-state index < -0.39 is 0 Å². The van der Waals surface area contributed by atoms with Gasteiger partial charge in [-0.3, -0.25) is 0 Å². The Morgan fingerprint density at radius 1 is 1.21 bits per heavy atom. The van der Waals surface area contributed by atoms with Crippen molar-refractivity contribution in [1.29, 1.82) is 0 Å². The Balaban J connectivity index is 1.93. The molecule has 3 heteroatoms. The lowest BCUT2D eigenvalue weighted by molar-refractivity contribution is 0.134. The third-order valence-corrected chi connectivity index (χ3v) is 3.94. The van der Waals surface area contributed by atoms with Crippen LogP contribution in [-0.4, -0.2) is 31.6 Å². The molecular weight excluding hydrogens is 236 g/mol. The summed E-state index contributed by atoms with van der Waals surface area (Å²) in [6.07, 6.45) is 1.34. The van der Waals surface area contributed by atoms with Gasteiger partial charge >= 0.3 is 0 Å². The molecule has 1 aromatic rings. The zero-order valence-electron chi connectivity index (χ0n) is 12.3. The molecule has 0 aromatic heterocycles. The van der Waals surface area contributed by atoms with E-state index in [1.165, 1.54) is 25.1 Å². The molecule has 0 amide bonds. The maximum absolute atomic E-state index is 6.33. The largest absolute Gasteiger partial charge is 0.497 e. The van der Waals surface area contributed by atoms with Crippen molar-refractivity contribution < 1.29 is 4.74 Å². The highest BCUT2D eigenvalue weighted by Gasteiger charge is 2.23. The van der Waals surface area contributed by atoms with Gasteiger partial charge in [0.2, 0.25) is 0 Å². The van der Waals surface area contributed by atoms with Gasteiger partial charge in [-0.05, 0) is 36.0 Å². The summed E-state index contributed by atoms with van der Waals surface area (Å²) in [6.45, 7) is 7.96. The fourth-order valence-electron chi connectivity index (χ4n) is 3.18. The number of benzene rings is 1. The number of hydrogen-bond acceptors (Lipinski definition) is 3. The van der Waals surface area contributed by atoms with E-state index in [2.05, 4.69) is 30.9 Å². The van der Waals surface area contributed by atoms with Crippen LogP contribution in [0.2, 0.25) is 0 Å². The van der Waals surface area contributed by atoms with Gasteiger partial charge in [-0.2, -0.15) is 0 Å². The third kappa shape index (κ3) is 3.95. The van der Waals surface area contributed by atoms with Crippen LogP contribution in [0.15, 0.2) is 24.3 Å². The molecule has 0 radical (unpaired) electrons. The highest BCUT2D eigenvalue weighted by atomic mass is 16.5. The second-order valence-corrected chi connectivity index (χ2v) is 6.04. The minimum absolute atomic E-state index is 0.0865. The van der Waals surface area contributed by atoms with Crippen molar-refractivity contribution in [3.8, 4) is 5.75 Å². The van der Waals surface area contributed by atoms with Crippen molar-refractivity contribution in [1.82, 2.24) is 4.90 Å². The van der Waals surface area contributed by atoms with Crippen LogP contribution in [0.1, 0.15) is 31.9 Å². The molecule has 3 atom stereocenters. The van der Waals surface area contributed by atoms with Crippen LogP contribution >= 0.6 is 0 Å². The first kappa shape index (κ1) is 14.4. The highest BCUT2D eigenvalue weighted by molar-refractivity contribution is 5.29. The molecule has 1 fully saturated rings. The molecule has 0 bridgehead atoms. The van der Waals surface area contributed by atoms with E-state index in [1.807, 2.05) is 12.1 Å². The van der Waals surface area contributed by atoms with Gasteiger partial charge in [-0.25, -0.2) is 0 Å². The fourth-order valence-corrected chi connectivity index (χ4v) is 3.18. The predicted molar refractivity (Wildman–Crippen MR) is 79.3 cm³/mol. The maximum atomic E-state index is 6.33. The topological polar surface area (TPSA) is 38.5 Å². The van der Waals surface area contributed by atoms with Crippen LogP contribution in [0.25, 0.3) is 0 Å². The molecule has 2 N–H and O–H groups in total. The van der Waals surface area contributed by atoms with Crippen molar-refractivity contribution in [2.24, 2.45) is 17.6 Å². The van der Waals surface area contributed by atoms with Crippen molar-refractivity contribution in [2.45, 2.75) is 26.3 Å². The SMILES string of the molecule is COc1ccc(C(N)CN2CC(C)CC(C)C2)cc1. The fraction of sp³-hybridized carbons (Fsp3) is 0.625. The van der Waals surface area contributed by atoms with Gasteiger partial charge in [-0.15, -0.1) is 0 Å². The maximum Gasteiger partial charge on any atom is 0.118 e. The van der Waals surface area contributed by atoms with E-state index in [4.69, 9.17) is 10.5 Å². The highest BCUT2D eigenvalue weighted by Crippen LogP contribution is 2.23. The Morgan fingerprint density at radius 3 is 2.32 bits per heavy atom. The molecule has 2 rings (SSSR count). The van der Waals surface area contributed by atoms with Crippen molar-refractivity contribution in [3.05, 3.63) is 29.8 Å². The molecule has 1 aliphatic rings. The van der Waals surface area contributed by atoms with Gasteiger partial charge in [0.05, 0.1) is 7.11 Å². The summed E-state index contributed by atoms with van der Waals surface area (Å²) in [5, 5.41) is 0. The average Bonchev–Trinajstić information content (AvgIpc) is 2.37. The van der Waals surface area contributed by atoms with Crippen molar-refractivity contribution in [3.63, 3.8) is 0 Å². The second kappa shape index (κ2) is 6.40. The Kier molecular flexibility index (Phi) is 4.83. The standard InChI is InChI=1S/C16H26N2O/c1-12-8-13(2)10-18(9-12)11-16(17)14-4-6-15(19-3)7-5-14/h4-7,12-13,16H,8-11,17H2,1-3H3. The number of ether oxygens (including phenoxy) is 1. The zero-order chi connectivity index (χ0) is 13.8. The molecule has 1 aliphatic heterocycles. The van der Waals surface area contributed by atoms with Gasteiger partial charge in [0.1, 0.15) is 5.75 Å². The van der Waals surface area contributed by atoms with E-state index in [9.17, 15) is 0 Å². The lowest BCUT2D eigenvalue weighted by atomic mass is 9.91. The lowest BCUT2D eigenvalue weighted by Gasteiger charge is -2.36. The van der Waals surface area contributed by atoms with Crippen LogP contribution in [0.4, 0.5) is 0 Å². The van der Waals surface area contributed by atoms with E-state index in [-0.39, 0.29) is 6.04 Å². The summed E-state index contributed by atoms with van der Waals surface area (Å²) in [7, 11) is 1.69. The van der Waals surface area contributed by atoms with Gasteiger partial charge in [0.25, 0.3) is 0 Å².